The largest absolute Gasteiger partial charge is 0.477 e. The molecule has 15 heavy (non-hydrogen) atoms. The number of rotatable bonds is 6. The van der Waals surface area contributed by atoms with Crippen LogP contribution in [0.15, 0.2) is 6.20 Å². The Morgan fingerprint density at radius 1 is 1.80 bits per heavy atom. The molecule has 0 radical (unpaired) electrons. The molecule has 0 amide bonds. The monoisotopic (exact) mass is 230 g/mol. The molecule has 5 nitrogen and oxygen atoms in total. The zero-order chi connectivity index (χ0) is 11.3. The van der Waals surface area contributed by atoms with Crippen LogP contribution < -0.4 is 5.32 Å². The van der Waals surface area contributed by atoms with Gasteiger partial charge in [0.1, 0.15) is 4.88 Å². The molecule has 0 bridgehead atoms. The van der Waals surface area contributed by atoms with Gasteiger partial charge in [-0.3, -0.25) is 0 Å². The third kappa shape index (κ3) is 3.85. The normalized spacial score (nSPS) is 12.4. The first kappa shape index (κ1) is 11.9. The Morgan fingerprint density at radius 2 is 2.53 bits per heavy atom. The topological polar surface area (TPSA) is 71.5 Å². The molecule has 0 spiro atoms. The molecule has 0 fully saturated rings. The highest BCUT2D eigenvalue weighted by atomic mass is 32.1. The van der Waals surface area contributed by atoms with E-state index in [9.17, 15) is 4.79 Å². The second kappa shape index (κ2) is 5.67. The minimum Gasteiger partial charge on any atom is -0.477 e. The van der Waals surface area contributed by atoms with E-state index in [2.05, 4.69) is 10.3 Å². The van der Waals surface area contributed by atoms with Gasteiger partial charge in [0, 0.05) is 13.2 Å². The smallest absolute Gasteiger partial charge is 0.347 e. The molecule has 84 valence electrons. The number of carbonyl (C=O) groups is 1. The lowest BCUT2D eigenvalue weighted by Crippen LogP contribution is -2.19. The van der Waals surface area contributed by atoms with Crippen LogP contribution in [0.2, 0.25) is 0 Å². The van der Waals surface area contributed by atoms with Crippen molar-refractivity contribution in [1.82, 2.24) is 4.98 Å². The number of anilines is 1. The molecular formula is C9H14N2O3S. The number of aromatic nitrogens is 1. The summed E-state index contributed by atoms with van der Waals surface area (Å²) >= 11 is 1.12. The van der Waals surface area contributed by atoms with Crippen LogP contribution in [-0.4, -0.2) is 35.3 Å². The second-order valence-corrected chi connectivity index (χ2v) is 4.01. The summed E-state index contributed by atoms with van der Waals surface area (Å²) in [6, 6.07) is 0. The maximum Gasteiger partial charge on any atom is 0.347 e. The van der Waals surface area contributed by atoms with Crippen molar-refractivity contribution in [2.45, 2.75) is 20.0 Å². The highest BCUT2D eigenvalue weighted by Crippen LogP contribution is 2.17. The lowest BCUT2D eigenvalue weighted by atomic mass is 10.4. The molecule has 1 heterocycles. The third-order valence-corrected chi connectivity index (χ3v) is 2.65. The molecule has 0 aliphatic carbocycles. The molecule has 0 aliphatic heterocycles. The fourth-order valence-corrected chi connectivity index (χ4v) is 1.69. The predicted molar refractivity (Wildman–Crippen MR) is 58.7 cm³/mol. The van der Waals surface area contributed by atoms with Gasteiger partial charge in [0.2, 0.25) is 0 Å². The van der Waals surface area contributed by atoms with Gasteiger partial charge in [0.25, 0.3) is 0 Å². The van der Waals surface area contributed by atoms with Crippen molar-refractivity contribution in [2.75, 3.05) is 18.5 Å². The Bertz CT molecular complexity index is 327. The molecular weight excluding hydrogens is 216 g/mol. The van der Waals surface area contributed by atoms with Gasteiger partial charge in [-0.25, -0.2) is 9.78 Å². The molecule has 1 rings (SSSR count). The first-order valence-electron chi connectivity index (χ1n) is 4.68. The molecule has 0 aliphatic rings. The van der Waals surface area contributed by atoms with Gasteiger partial charge in [-0.2, -0.15) is 0 Å². The molecule has 0 saturated heterocycles. The minimum absolute atomic E-state index is 0.0900. The third-order valence-electron chi connectivity index (χ3n) is 1.71. The van der Waals surface area contributed by atoms with E-state index in [1.54, 1.807) is 0 Å². The number of carboxylic acid groups (broad SMARTS) is 1. The van der Waals surface area contributed by atoms with E-state index in [1.165, 1.54) is 6.20 Å². The van der Waals surface area contributed by atoms with Crippen LogP contribution in [0.4, 0.5) is 5.13 Å². The van der Waals surface area contributed by atoms with Gasteiger partial charge in [0.05, 0.1) is 12.3 Å². The van der Waals surface area contributed by atoms with Crippen molar-refractivity contribution >= 4 is 22.4 Å². The molecule has 2 N–H and O–H groups in total. The van der Waals surface area contributed by atoms with Crippen molar-refractivity contribution in [3.63, 3.8) is 0 Å². The minimum atomic E-state index is -0.946. The molecule has 6 heteroatoms. The maximum absolute atomic E-state index is 10.6. The van der Waals surface area contributed by atoms with Gasteiger partial charge < -0.3 is 15.2 Å². The Hall–Kier alpha value is -1.14. The zero-order valence-electron chi connectivity index (χ0n) is 8.69. The van der Waals surface area contributed by atoms with Crippen LogP contribution in [0.25, 0.3) is 0 Å². The predicted octanol–water partition coefficient (Wildman–Crippen LogP) is 1.68. The lowest BCUT2D eigenvalue weighted by molar-refractivity contribution is 0.0702. The van der Waals surface area contributed by atoms with Crippen molar-refractivity contribution in [3.8, 4) is 0 Å². The fraction of sp³-hybridized carbons (Fsp3) is 0.556. The van der Waals surface area contributed by atoms with E-state index in [0.717, 1.165) is 11.3 Å². The summed E-state index contributed by atoms with van der Waals surface area (Å²) in [5, 5.41) is 12.3. The first-order chi connectivity index (χ1) is 7.13. The maximum atomic E-state index is 10.6. The van der Waals surface area contributed by atoms with Crippen LogP contribution in [0, 0.1) is 0 Å². The zero-order valence-corrected chi connectivity index (χ0v) is 9.50. The van der Waals surface area contributed by atoms with Crippen molar-refractivity contribution in [1.29, 1.82) is 0 Å². The average molecular weight is 230 g/mol. The summed E-state index contributed by atoms with van der Waals surface area (Å²) in [4.78, 5) is 14.8. The molecule has 1 atom stereocenters. The van der Waals surface area contributed by atoms with Crippen molar-refractivity contribution in [2.24, 2.45) is 0 Å². The van der Waals surface area contributed by atoms with E-state index in [1.807, 2.05) is 13.8 Å². The SMILES string of the molecule is CCOC(C)CNc1ncc(C(=O)O)s1. The number of hydrogen-bond donors (Lipinski definition) is 2. The Morgan fingerprint density at radius 3 is 3.07 bits per heavy atom. The van der Waals surface area contributed by atoms with E-state index in [-0.39, 0.29) is 11.0 Å². The summed E-state index contributed by atoms with van der Waals surface area (Å²) in [5.74, 6) is -0.946. The van der Waals surface area contributed by atoms with Crippen LogP contribution >= 0.6 is 11.3 Å². The number of ether oxygens (including phenoxy) is 1. The van der Waals surface area contributed by atoms with Gasteiger partial charge in [0.15, 0.2) is 5.13 Å². The molecule has 1 aromatic rings. The molecule has 0 saturated carbocycles. The van der Waals surface area contributed by atoms with E-state index in [0.29, 0.717) is 18.3 Å². The Labute approximate surface area is 92.1 Å². The average Bonchev–Trinajstić information content (AvgIpc) is 2.63. The summed E-state index contributed by atoms with van der Waals surface area (Å²) in [7, 11) is 0. The lowest BCUT2D eigenvalue weighted by Gasteiger charge is -2.11. The highest BCUT2D eigenvalue weighted by molar-refractivity contribution is 7.17. The van der Waals surface area contributed by atoms with Crippen molar-refractivity contribution in [3.05, 3.63) is 11.1 Å². The fourth-order valence-electron chi connectivity index (χ4n) is 1.03. The van der Waals surface area contributed by atoms with Crippen molar-refractivity contribution < 1.29 is 14.6 Å². The summed E-state index contributed by atoms with van der Waals surface area (Å²) in [6.45, 7) is 5.17. The number of carboxylic acids is 1. The summed E-state index contributed by atoms with van der Waals surface area (Å²) in [6.07, 6.45) is 1.44. The first-order valence-corrected chi connectivity index (χ1v) is 5.49. The number of thiazole rings is 1. The summed E-state index contributed by atoms with van der Waals surface area (Å²) < 4.78 is 5.32. The number of hydrogen-bond acceptors (Lipinski definition) is 5. The van der Waals surface area contributed by atoms with Gasteiger partial charge in [-0.15, -0.1) is 0 Å². The quantitative estimate of drug-likeness (QED) is 0.778. The van der Waals surface area contributed by atoms with E-state index < -0.39 is 5.97 Å². The Kier molecular flexibility index (Phi) is 4.51. The number of nitrogens with one attached hydrogen (secondary N) is 1. The number of aromatic carboxylic acids is 1. The van der Waals surface area contributed by atoms with E-state index in [4.69, 9.17) is 9.84 Å². The van der Waals surface area contributed by atoms with Crippen LogP contribution in [-0.2, 0) is 4.74 Å². The van der Waals surface area contributed by atoms with E-state index >= 15 is 0 Å². The highest BCUT2D eigenvalue weighted by Gasteiger charge is 2.08. The standard InChI is InChI=1S/C9H14N2O3S/c1-3-14-6(2)4-10-9-11-5-7(15-9)8(12)13/h5-6H,3-4H2,1-2H3,(H,10,11)(H,12,13). The second-order valence-electron chi connectivity index (χ2n) is 2.98. The molecule has 0 aromatic carbocycles. The van der Waals surface area contributed by atoms with Gasteiger partial charge in [-0.1, -0.05) is 11.3 Å². The van der Waals surface area contributed by atoms with Crippen LogP contribution in [0.1, 0.15) is 23.5 Å². The molecule has 1 aromatic heterocycles. The van der Waals surface area contributed by atoms with Gasteiger partial charge in [-0.05, 0) is 13.8 Å². The molecule has 1 unspecified atom stereocenters. The summed E-state index contributed by atoms with van der Waals surface area (Å²) in [5.41, 5.74) is 0. The van der Waals surface area contributed by atoms with Gasteiger partial charge >= 0.3 is 5.97 Å². The Balaban J connectivity index is 2.40. The number of nitrogens with zero attached hydrogens (tertiary/aromatic N) is 1. The van der Waals surface area contributed by atoms with Crippen LogP contribution in [0.5, 0.6) is 0 Å². The van der Waals surface area contributed by atoms with Crippen LogP contribution in [0.3, 0.4) is 0 Å².